The fourth-order valence-corrected chi connectivity index (χ4v) is 2.97. The van der Waals surface area contributed by atoms with Crippen LogP contribution in [0.5, 0.6) is 0 Å². The number of aryl methyl sites for hydroxylation is 1. The Kier molecular flexibility index (Phi) is 5.68. The summed E-state index contributed by atoms with van der Waals surface area (Å²) in [4.78, 5) is 23.1. The molecule has 0 aliphatic heterocycles. The van der Waals surface area contributed by atoms with Gasteiger partial charge >= 0.3 is 5.97 Å². The first kappa shape index (κ1) is 17.4. The smallest absolute Gasteiger partial charge is 0.317 e. The van der Waals surface area contributed by atoms with Crippen LogP contribution in [0.4, 0.5) is 5.69 Å². The molecule has 0 saturated heterocycles. The lowest BCUT2D eigenvalue weighted by Crippen LogP contribution is -2.53. The summed E-state index contributed by atoms with van der Waals surface area (Å²) in [6.45, 7) is 5.36. The van der Waals surface area contributed by atoms with Gasteiger partial charge in [0.05, 0.1) is 11.5 Å². The van der Waals surface area contributed by atoms with Crippen LogP contribution in [-0.2, 0) is 11.3 Å². The highest BCUT2D eigenvalue weighted by atomic mass is 16.6. The predicted octanol–water partition coefficient (Wildman–Crippen LogP) is 1.93. The monoisotopic (exact) mass is 321 g/mol. The van der Waals surface area contributed by atoms with Gasteiger partial charge in [-0.25, -0.2) is 0 Å². The van der Waals surface area contributed by atoms with E-state index >= 15 is 0 Å². The fraction of sp³-hybridized carbons (Fsp3) is 0.562. The molecule has 7 heteroatoms. The van der Waals surface area contributed by atoms with Crippen molar-refractivity contribution in [1.29, 1.82) is 0 Å². The average molecular weight is 321 g/mol. The number of hydrogen-bond donors (Lipinski definition) is 2. The minimum Gasteiger partial charge on any atom is -0.480 e. The summed E-state index contributed by atoms with van der Waals surface area (Å²) in [5, 5.41) is 23.1. The first-order valence-electron chi connectivity index (χ1n) is 7.83. The summed E-state index contributed by atoms with van der Waals surface area (Å²) < 4.78 is 0. The molecule has 1 aromatic rings. The van der Waals surface area contributed by atoms with Gasteiger partial charge in [-0.15, -0.1) is 0 Å². The Hall–Kier alpha value is -1.99. The number of nitro benzene ring substituents is 1. The molecule has 1 fully saturated rings. The zero-order valence-corrected chi connectivity index (χ0v) is 13.5. The Morgan fingerprint density at radius 2 is 2.17 bits per heavy atom. The molecule has 2 rings (SSSR count). The predicted molar refractivity (Wildman–Crippen MR) is 86.4 cm³/mol. The van der Waals surface area contributed by atoms with Gasteiger partial charge in [-0.05, 0) is 37.4 Å². The Morgan fingerprint density at radius 1 is 1.48 bits per heavy atom. The third-order valence-electron chi connectivity index (χ3n) is 4.49. The highest BCUT2D eigenvalue weighted by molar-refractivity contribution is 5.69. The second-order valence-electron chi connectivity index (χ2n) is 6.03. The van der Waals surface area contributed by atoms with E-state index in [2.05, 4.69) is 5.32 Å². The van der Waals surface area contributed by atoms with Gasteiger partial charge in [-0.1, -0.05) is 13.0 Å². The molecule has 1 aliphatic carbocycles. The highest BCUT2D eigenvalue weighted by Crippen LogP contribution is 2.26. The number of aliphatic carboxylic acids is 1. The molecule has 0 radical (unpaired) electrons. The molecule has 0 spiro atoms. The Bertz CT molecular complexity index is 585. The number of nitro groups is 1. The summed E-state index contributed by atoms with van der Waals surface area (Å²) in [5.74, 6) is -0.787. The second-order valence-corrected chi connectivity index (χ2v) is 6.03. The summed E-state index contributed by atoms with van der Waals surface area (Å²) in [6.07, 6.45) is 1.88. The third-order valence-corrected chi connectivity index (χ3v) is 4.49. The van der Waals surface area contributed by atoms with Crippen molar-refractivity contribution in [3.63, 3.8) is 0 Å². The van der Waals surface area contributed by atoms with E-state index in [-0.39, 0.29) is 17.2 Å². The number of carboxylic acid groups (broad SMARTS) is 1. The second kappa shape index (κ2) is 7.52. The first-order chi connectivity index (χ1) is 10.9. The standard InChI is InChI=1S/C16H23N3O4/c1-3-18(10-16(20)21)15-7-13(8-15)17-9-12-4-5-14(19(22)23)6-11(12)2/h4-6,13,15,17H,3,7-10H2,1-2H3,(H,20,21). The summed E-state index contributed by atoms with van der Waals surface area (Å²) >= 11 is 0. The molecule has 0 atom stereocenters. The maximum Gasteiger partial charge on any atom is 0.317 e. The van der Waals surface area contributed by atoms with Crippen molar-refractivity contribution in [2.75, 3.05) is 13.1 Å². The van der Waals surface area contributed by atoms with Crippen LogP contribution < -0.4 is 5.32 Å². The van der Waals surface area contributed by atoms with E-state index in [0.717, 1.165) is 30.5 Å². The van der Waals surface area contributed by atoms with E-state index in [0.29, 0.717) is 18.6 Å². The van der Waals surface area contributed by atoms with Gasteiger partial charge in [0.1, 0.15) is 0 Å². The SMILES string of the molecule is CCN(CC(=O)O)C1CC(NCc2ccc([N+](=O)[O-])cc2C)C1. The fourth-order valence-electron chi connectivity index (χ4n) is 2.97. The minimum atomic E-state index is -0.787. The van der Waals surface area contributed by atoms with E-state index in [9.17, 15) is 14.9 Å². The zero-order chi connectivity index (χ0) is 17.0. The largest absolute Gasteiger partial charge is 0.480 e. The van der Waals surface area contributed by atoms with Crippen LogP contribution in [0.2, 0.25) is 0 Å². The molecule has 1 aromatic carbocycles. The normalized spacial score (nSPS) is 20.3. The zero-order valence-electron chi connectivity index (χ0n) is 13.5. The van der Waals surface area contributed by atoms with Crippen LogP contribution in [-0.4, -0.2) is 46.1 Å². The number of nitrogens with one attached hydrogen (secondary N) is 1. The van der Waals surface area contributed by atoms with Crippen LogP contribution in [0, 0.1) is 17.0 Å². The molecular formula is C16H23N3O4. The Balaban J connectivity index is 1.80. The summed E-state index contributed by atoms with van der Waals surface area (Å²) in [7, 11) is 0. The number of carboxylic acids is 1. The lowest BCUT2D eigenvalue weighted by atomic mass is 9.85. The van der Waals surface area contributed by atoms with Crippen LogP contribution in [0.3, 0.4) is 0 Å². The van der Waals surface area contributed by atoms with Crippen molar-refractivity contribution in [3.8, 4) is 0 Å². The van der Waals surface area contributed by atoms with Gasteiger partial charge in [0.2, 0.25) is 0 Å². The molecule has 0 amide bonds. The van der Waals surface area contributed by atoms with Crippen LogP contribution in [0.25, 0.3) is 0 Å². The maximum atomic E-state index is 10.8. The van der Waals surface area contributed by atoms with Crippen molar-refractivity contribution >= 4 is 11.7 Å². The Labute approximate surface area is 135 Å². The van der Waals surface area contributed by atoms with Crippen molar-refractivity contribution in [2.45, 2.75) is 45.3 Å². The molecule has 1 saturated carbocycles. The molecule has 1 aliphatic rings. The minimum absolute atomic E-state index is 0.0926. The van der Waals surface area contributed by atoms with Crippen molar-refractivity contribution in [3.05, 3.63) is 39.4 Å². The topological polar surface area (TPSA) is 95.7 Å². The summed E-state index contributed by atoms with van der Waals surface area (Å²) in [5.41, 5.74) is 2.07. The highest BCUT2D eigenvalue weighted by Gasteiger charge is 2.33. The number of rotatable bonds is 8. The van der Waals surface area contributed by atoms with Crippen LogP contribution >= 0.6 is 0 Å². The average Bonchev–Trinajstić information content (AvgIpc) is 2.44. The van der Waals surface area contributed by atoms with Gasteiger partial charge in [-0.3, -0.25) is 19.8 Å². The quantitative estimate of drug-likeness (QED) is 0.561. The molecule has 126 valence electrons. The van der Waals surface area contributed by atoms with Gasteiger partial charge in [-0.2, -0.15) is 0 Å². The number of hydrogen-bond acceptors (Lipinski definition) is 5. The van der Waals surface area contributed by atoms with Gasteiger partial charge in [0, 0.05) is 30.8 Å². The first-order valence-corrected chi connectivity index (χ1v) is 7.83. The molecule has 0 bridgehead atoms. The number of non-ortho nitro benzene ring substituents is 1. The van der Waals surface area contributed by atoms with E-state index in [1.165, 1.54) is 6.07 Å². The number of nitrogens with zero attached hydrogens (tertiary/aromatic N) is 2. The van der Waals surface area contributed by atoms with Crippen LogP contribution in [0.15, 0.2) is 18.2 Å². The Morgan fingerprint density at radius 3 is 2.70 bits per heavy atom. The molecule has 0 unspecified atom stereocenters. The number of likely N-dealkylation sites (N-methyl/N-ethyl adjacent to an activating group) is 1. The van der Waals surface area contributed by atoms with E-state index < -0.39 is 5.97 Å². The van der Waals surface area contributed by atoms with Crippen molar-refractivity contribution < 1.29 is 14.8 Å². The van der Waals surface area contributed by atoms with E-state index in [4.69, 9.17) is 5.11 Å². The van der Waals surface area contributed by atoms with Crippen molar-refractivity contribution in [1.82, 2.24) is 10.2 Å². The van der Waals surface area contributed by atoms with Crippen molar-refractivity contribution in [2.24, 2.45) is 0 Å². The molecule has 2 N–H and O–H groups in total. The summed E-state index contributed by atoms with van der Waals surface area (Å²) in [6, 6.07) is 5.61. The molecule has 0 heterocycles. The number of carbonyl (C=O) groups is 1. The molecule has 0 aromatic heterocycles. The molecule has 23 heavy (non-hydrogen) atoms. The maximum absolute atomic E-state index is 10.8. The molecular weight excluding hydrogens is 298 g/mol. The third kappa shape index (κ3) is 4.49. The van der Waals surface area contributed by atoms with Gasteiger partial charge in [0.15, 0.2) is 0 Å². The lowest BCUT2D eigenvalue weighted by Gasteiger charge is -2.42. The molecule has 7 nitrogen and oxygen atoms in total. The lowest BCUT2D eigenvalue weighted by molar-refractivity contribution is -0.384. The van der Waals surface area contributed by atoms with Crippen LogP contribution in [0.1, 0.15) is 30.9 Å². The van der Waals surface area contributed by atoms with Gasteiger partial charge < -0.3 is 10.4 Å². The van der Waals surface area contributed by atoms with E-state index in [1.807, 2.05) is 18.7 Å². The van der Waals surface area contributed by atoms with Gasteiger partial charge in [0.25, 0.3) is 5.69 Å². The number of benzene rings is 1. The van der Waals surface area contributed by atoms with E-state index in [1.54, 1.807) is 12.1 Å².